The second-order valence-electron chi connectivity index (χ2n) is 1.99. The molecule has 0 unspecified atom stereocenters. The fraction of sp³-hybridized carbons (Fsp3) is 0.143. The Morgan fingerprint density at radius 1 is 1.33 bits per heavy atom. The minimum Gasteiger partial charge on any atom is -0.504 e. The number of aromatic hydroxyl groups is 1. The maximum absolute atomic E-state index is 9.12. The number of ether oxygens (including phenoxy) is 1. The Hall–Kier alpha value is -1.46. The Balaban J connectivity index is 2.89. The molecule has 1 aromatic rings. The van der Waals surface area contributed by atoms with E-state index in [9.17, 15) is 0 Å². The molecule has 2 N–H and O–H groups in total. The molecule has 0 amide bonds. The van der Waals surface area contributed by atoms with Crippen LogP contribution < -0.4 is 9.62 Å². The molecule has 0 radical (unpaired) electrons. The standard InChI is InChI=1S/C7H8O5/c1-10-7-4-5(11-12-9)2-3-6(7)8/h2-4,8-9H,1H3. The predicted molar refractivity (Wildman–Crippen MR) is 39.0 cm³/mol. The summed E-state index contributed by atoms with van der Waals surface area (Å²) < 4.78 is 4.76. The topological polar surface area (TPSA) is 68.2 Å². The van der Waals surface area contributed by atoms with Crippen LogP contribution >= 0.6 is 0 Å². The molecule has 0 aliphatic heterocycles. The average Bonchev–Trinajstić information content (AvgIpc) is 2.09. The molecule has 5 nitrogen and oxygen atoms in total. The lowest BCUT2D eigenvalue weighted by Crippen LogP contribution is -1.91. The summed E-state index contributed by atoms with van der Waals surface area (Å²) in [5.74, 6) is 0.458. The van der Waals surface area contributed by atoms with Gasteiger partial charge in [-0.15, -0.1) is 0 Å². The zero-order valence-corrected chi connectivity index (χ0v) is 6.35. The van der Waals surface area contributed by atoms with Gasteiger partial charge in [-0.05, 0) is 17.2 Å². The van der Waals surface area contributed by atoms with E-state index < -0.39 is 0 Å². The molecular weight excluding hydrogens is 164 g/mol. The number of rotatable bonds is 3. The van der Waals surface area contributed by atoms with Crippen LogP contribution in [0.1, 0.15) is 0 Å². The van der Waals surface area contributed by atoms with Gasteiger partial charge in [0, 0.05) is 6.07 Å². The van der Waals surface area contributed by atoms with E-state index in [1.54, 1.807) is 0 Å². The molecule has 0 saturated carbocycles. The Labute approximate surface area is 68.6 Å². The van der Waals surface area contributed by atoms with E-state index in [1.165, 1.54) is 25.3 Å². The first kappa shape index (κ1) is 8.63. The summed E-state index contributed by atoms with van der Waals surface area (Å²) in [6.07, 6.45) is 0. The van der Waals surface area contributed by atoms with Crippen LogP contribution in [-0.4, -0.2) is 17.5 Å². The average molecular weight is 172 g/mol. The van der Waals surface area contributed by atoms with E-state index in [-0.39, 0.29) is 17.2 Å². The van der Waals surface area contributed by atoms with Crippen LogP contribution in [0, 0.1) is 0 Å². The van der Waals surface area contributed by atoms with Gasteiger partial charge in [-0.1, -0.05) is 0 Å². The van der Waals surface area contributed by atoms with Gasteiger partial charge in [0.15, 0.2) is 17.2 Å². The van der Waals surface area contributed by atoms with Crippen molar-refractivity contribution in [1.82, 2.24) is 0 Å². The Kier molecular flexibility index (Phi) is 2.73. The molecule has 0 spiro atoms. The molecule has 0 heterocycles. The van der Waals surface area contributed by atoms with Crippen molar-refractivity contribution in [2.45, 2.75) is 0 Å². The Morgan fingerprint density at radius 2 is 2.08 bits per heavy atom. The highest BCUT2D eigenvalue weighted by Gasteiger charge is 2.03. The van der Waals surface area contributed by atoms with Gasteiger partial charge in [-0.3, -0.25) is 0 Å². The third kappa shape index (κ3) is 1.77. The van der Waals surface area contributed by atoms with E-state index in [1.807, 2.05) is 0 Å². The van der Waals surface area contributed by atoms with Crippen molar-refractivity contribution in [2.75, 3.05) is 7.11 Å². The molecule has 1 rings (SSSR count). The number of hydrogen-bond donors (Lipinski definition) is 2. The normalized spacial score (nSPS) is 9.50. The maximum atomic E-state index is 9.12. The first-order valence-corrected chi connectivity index (χ1v) is 3.13. The second kappa shape index (κ2) is 3.80. The van der Waals surface area contributed by atoms with Crippen molar-refractivity contribution in [1.29, 1.82) is 0 Å². The van der Waals surface area contributed by atoms with Gasteiger partial charge < -0.3 is 14.7 Å². The highest BCUT2D eigenvalue weighted by molar-refractivity contribution is 5.44. The van der Waals surface area contributed by atoms with Crippen molar-refractivity contribution >= 4 is 0 Å². The minimum absolute atomic E-state index is 0.0113. The summed E-state index contributed by atoms with van der Waals surface area (Å²) in [5, 5.41) is 20.5. The van der Waals surface area contributed by atoms with Crippen molar-refractivity contribution in [3.8, 4) is 17.2 Å². The fourth-order valence-corrected chi connectivity index (χ4v) is 0.753. The molecule has 0 aliphatic rings. The first-order valence-electron chi connectivity index (χ1n) is 3.13. The number of hydrogen-bond acceptors (Lipinski definition) is 5. The van der Waals surface area contributed by atoms with Crippen LogP contribution in [-0.2, 0) is 5.04 Å². The second-order valence-corrected chi connectivity index (χ2v) is 1.99. The van der Waals surface area contributed by atoms with E-state index in [0.717, 1.165) is 0 Å². The van der Waals surface area contributed by atoms with Crippen LogP contribution in [0.4, 0.5) is 0 Å². The van der Waals surface area contributed by atoms with Crippen molar-refractivity contribution in [2.24, 2.45) is 0 Å². The minimum atomic E-state index is -0.0113. The lowest BCUT2D eigenvalue weighted by Gasteiger charge is -2.04. The lowest BCUT2D eigenvalue weighted by atomic mass is 10.3. The molecular formula is C7H8O5. The van der Waals surface area contributed by atoms with Crippen molar-refractivity contribution < 1.29 is 25.0 Å². The third-order valence-electron chi connectivity index (χ3n) is 1.28. The molecule has 5 heteroatoms. The van der Waals surface area contributed by atoms with Crippen LogP contribution in [0.2, 0.25) is 0 Å². The number of phenols is 1. The number of methoxy groups -OCH3 is 1. The van der Waals surface area contributed by atoms with Crippen LogP contribution in [0.5, 0.6) is 17.2 Å². The summed E-state index contributed by atoms with van der Waals surface area (Å²) in [7, 11) is 1.40. The zero-order chi connectivity index (χ0) is 8.97. The molecule has 0 aromatic heterocycles. The fourth-order valence-electron chi connectivity index (χ4n) is 0.753. The molecule has 0 saturated heterocycles. The summed E-state index contributed by atoms with van der Waals surface area (Å²) in [6, 6.07) is 4.13. The van der Waals surface area contributed by atoms with E-state index in [4.69, 9.17) is 15.1 Å². The highest BCUT2D eigenvalue weighted by atomic mass is 17.5. The Bertz CT molecular complexity index is 260. The largest absolute Gasteiger partial charge is 0.504 e. The SMILES string of the molecule is COc1cc(OOO)ccc1O. The quantitative estimate of drug-likeness (QED) is 0.529. The summed E-state index contributed by atoms with van der Waals surface area (Å²) in [5.41, 5.74) is 0. The maximum Gasteiger partial charge on any atom is 0.172 e. The van der Waals surface area contributed by atoms with Crippen molar-refractivity contribution in [3.63, 3.8) is 0 Å². The van der Waals surface area contributed by atoms with Gasteiger partial charge in [0.25, 0.3) is 0 Å². The van der Waals surface area contributed by atoms with Crippen LogP contribution in [0.15, 0.2) is 18.2 Å². The molecule has 12 heavy (non-hydrogen) atoms. The van der Waals surface area contributed by atoms with E-state index >= 15 is 0 Å². The Morgan fingerprint density at radius 3 is 2.67 bits per heavy atom. The third-order valence-corrected chi connectivity index (χ3v) is 1.28. The van der Waals surface area contributed by atoms with Gasteiger partial charge in [-0.25, -0.2) is 5.26 Å². The monoisotopic (exact) mass is 172 g/mol. The summed E-state index contributed by atoms with van der Waals surface area (Å²) in [6.45, 7) is 0. The smallest absolute Gasteiger partial charge is 0.172 e. The van der Waals surface area contributed by atoms with Gasteiger partial charge in [0.1, 0.15) is 0 Å². The van der Waals surface area contributed by atoms with Crippen LogP contribution in [0.3, 0.4) is 0 Å². The molecule has 0 bridgehead atoms. The molecule has 0 atom stereocenters. The molecule has 1 aromatic carbocycles. The van der Waals surface area contributed by atoms with Crippen molar-refractivity contribution in [3.05, 3.63) is 18.2 Å². The van der Waals surface area contributed by atoms with E-state index in [0.29, 0.717) is 0 Å². The highest BCUT2D eigenvalue weighted by Crippen LogP contribution is 2.29. The lowest BCUT2D eigenvalue weighted by molar-refractivity contribution is -0.438. The summed E-state index contributed by atoms with van der Waals surface area (Å²) in [4.78, 5) is 4.27. The first-order chi connectivity index (χ1) is 5.77. The molecule has 0 fully saturated rings. The van der Waals surface area contributed by atoms with E-state index in [2.05, 4.69) is 9.93 Å². The summed E-state index contributed by atoms with van der Waals surface area (Å²) >= 11 is 0. The molecule has 0 aliphatic carbocycles. The van der Waals surface area contributed by atoms with Gasteiger partial charge in [0.2, 0.25) is 0 Å². The molecule has 66 valence electrons. The predicted octanol–water partition coefficient (Wildman–Crippen LogP) is 1.18. The zero-order valence-electron chi connectivity index (χ0n) is 6.35. The van der Waals surface area contributed by atoms with Gasteiger partial charge >= 0.3 is 0 Å². The van der Waals surface area contributed by atoms with Crippen LogP contribution in [0.25, 0.3) is 0 Å². The number of phenolic OH excluding ortho intramolecular Hbond substituents is 1. The van der Waals surface area contributed by atoms with Gasteiger partial charge in [0.05, 0.1) is 7.11 Å². The van der Waals surface area contributed by atoms with Gasteiger partial charge in [-0.2, -0.15) is 0 Å². The number of benzene rings is 1.